The van der Waals surface area contributed by atoms with Crippen molar-refractivity contribution < 1.29 is 14.5 Å². The van der Waals surface area contributed by atoms with Crippen LogP contribution in [-0.4, -0.2) is 23.0 Å². The number of nitro benzene ring substituents is 1. The highest BCUT2D eigenvalue weighted by molar-refractivity contribution is 7.80. The molecule has 84 valence electrons. The van der Waals surface area contributed by atoms with E-state index < -0.39 is 10.9 Å². The van der Waals surface area contributed by atoms with Gasteiger partial charge in [0.2, 0.25) is 0 Å². The second kappa shape index (κ2) is 4.67. The number of esters is 1. The van der Waals surface area contributed by atoms with Crippen LogP contribution in [0.2, 0.25) is 0 Å². The standard InChI is InChI=1S/C9H8N2O4S/c1-15-9(12)5-3-2-4-6(11(13)14)7(5)8(10)16/h2-4H,1H3,(H2,10,16). The average Bonchev–Trinajstić information content (AvgIpc) is 2.26. The molecule has 16 heavy (non-hydrogen) atoms. The number of methoxy groups -OCH3 is 1. The summed E-state index contributed by atoms with van der Waals surface area (Å²) in [6, 6.07) is 3.96. The van der Waals surface area contributed by atoms with Crippen LogP contribution in [-0.2, 0) is 4.74 Å². The number of thiocarbonyl (C=S) groups is 1. The molecule has 0 aromatic heterocycles. The summed E-state index contributed by atoms with van der Waals surface area (Å²) < 4.78 is 4.49. The van der Waals surface area contributed by atoms with Crippen molar-refractivity contribution in [2.45, 2.75) is 0 Å². The highest BCUT2D eigenvalue weighted by atomic mass is 32.1. The molecular formula is C9H8N2O4S. The van der Waals surface area contributed by atoms with Gasteiger partial charge in [-0.2, -0.15) is 0 Å². The summed E-state index contributed by atoms with van der Waals surface area (Å²) in [6.07, 6.45) is 0. The molecule has 7 heteroatoms. The molecule has 0 heterocycles. The van der Waals surface area contributed by atoms with E-state index in [1.165, 1.54) is 25.3 Å². The Kier molecular flexibility index (Phi) is 3.51. The smallest absolute Gasteiger partial charge is 0.338 e. The lowest BCUT2D eigenvalue weighted by Crippen LogP contribution is -2.18. The number of hydrogen-bond acceptors (Lipinski definition) is 5. The molecule has 0 spiro atoms. The van der Waals surface area contributed by atoms with Gasteiger partial charge in [-0.3, -0.25) is 10.1 Å². The zero-order valence-corrected chi connectivity index (χ0v) is 9.11. The Hall–Kier alpha value is -2.02. The van der Waals surface area contributed by atoms with E-state index in [1.54, 1.807) is 0 Å². The lowest BCUT2D eigenvalue weighted by atomic mass is 10.1. The molecule has 0 atom stereocenters. The molecule has 0 aliphatic heterocycles. The first-order chi connectivity index (χ1) is 7.49. The minimum absolute atomic E-state index is 0.01000. The van der Waals surface area contributed by atoms with Crippen molar-refractivity contribution >= 4 is 28.9 Å². The van der Waals surface area contributed by atoms with Crippen LogP contribution in [0.3, 0.4) is 0 Å². The number of benzene rings is 1. The molecule has 0 radical (unpaired) electrons. The van der Waals surface area contributed by atoms with Crippen LogP contribution >= 0.6 is 12.2 Å². The Morgan fingerprint density at radius 2 is 2.19 bits per heavy atom. The zero-order valence-electron chi connectivity index (χ0n) is 8.30. The molecule has 0 bridgehead atoms. The maximum atomic E-state index is 11.4. The van der Waals surface area contributed by atoms with Crippen LogP contribution in [0.25, 0.3) is 0 Å². The summed E-state index contributed by atoms with van der Waals surface area (Å²) >= 11 is 4.69. The molecule has 1 aromatic carbocycles. The van der Waals surface area contributed by atoms with Crippen molar-refractivity contribution in [3.63, 3.8) is 0 Å². The lowest BCUT2D eigenvalue weighted by molar-refractivity contribution is -0.385. The van der Waals surface area contributed by atoms with Gasteiger partial charge in [0, 0.05) is 6.07 Å². The van der Waals surface area contributed by atoms with Crippen molar-refractivity contribution in [3.8, 4) is 0 Å². The van der Waals surface area contributed by atoms with Crippen LogP contribution in [0, 0.1) is 10.1 Å². The molecule has 0 fully saturated rings. The molecule has 1 rings (SSSR count). The fourth-order valence-electron chi connectivity index (χ4n) is 1.23. The molecule has 1 aromatic rings. The second-order valence-electron chi connectivity index (χ2n) is 2.81. The molecule has 0 unspecified atom stereocenters. The Morgan fingerprint density at radius 3 is 2.62 bits per heavy atom. The van der Waals surface area contributed by atoms with Gasteiger partial charge in [0.25, 0.3) is 5.69 Å². The summed E-state index contributed by atoms with van der Waals surface area (Å²) in [5.74, 6) is -0.716. The Bertz CT molecular complexity index is 473. The summed E-state index contributed by atoms with van der Waals surface area (Å²) in [4.78, 5) is 21.2. The van der Waals surface area contributed by atoms with E-state index in [2.05, 4.69) is 17.0 Å². The van der Waals surface area contributed by atoms with Gasteiger partial charge < -0.3 is 10.5 Å². The number of rotatable bonds is 3. The molecular weight excluding hydrogens is 232 g/mol. The van der Waals surface area contributed by atoms with Gasteiger partial charge in [0.15, 0.2) is 0 Å². The number of ether oxygens (including phenoxy) is 1. The first kappa shape index (κ1) is 12.1. The molecule has 0 saturated carbocycles. The monoisotopic (exact) mass is 240 g/mol. The maximum absolute atomic E-state index is 11.4. The van der Waals surface area contributed by atoms with Crippen molar-refractivity contribution in [1.82, 2.24) is 0 Å². The van der Waals surface area contributed by atoms with Crippen molar-refractivity contribution in [1.29, 1.82) is 0 Å². The molecule has 6 nitrogen and oxygen atoms in total. The Morgan fingerprint density at radius 1 is 1.56 bits per heavy atom. The fourth-order valence-corrected chi connectivity index (χ4v) is 1.45. The predicted molar refractivity (Wildman–Crippen MR) is 60.3 cm³/mol. The van der Waals surface area contributed by atoms with Crippen molar-refractivity contribution in [3.05, 3.63) is 39.4 Å². The van der Waals surface area contributed by atoms with Crippen molar-refractivity contribution in [2.75, 3.05) is 7.11 Å². The SMILES string of the molecule is COC(=O)c1cccc([N+](=O)[O-])c1C(N)=S. The first-order valence-corrected chi connectivity index (χ1v) is 4.55. The van der Waals surface area contributed by atoms with Crippen molar-refractivity contribution in [2.24, 2.45) is 5.73 Å². The number of nitrogens with zero attached hydrogens (tertiary/aromatic N) is 1. The predicted octanol–water partition coefficient (Wildman–Crippen LogP) is 1.02. The Balaban J connectivity index is 3.51. The number of nitro groups is 1. The number of carbonyl (C=O) groups excluding carboxylic acids is 1. The minimum Gasteiger partial charge on any atom is -0.465 e. The van der Waals surface area contributed by atoms with E-state index in [-0.39, 0.29) is 21.8 Å². The summed E-state index contributed by atoms with van der Waals surface area (Å²) in [5.41, 5.74) is 4.97. The highest BCUT2D eigenvalue weighted by Crippen LogP contribution is 2.22. The quantitative estimate of drug-likeness (QED) is 0.366. The van der Waals surface area contributed by atoms with Gasteiger partial charge in [0.05, 0.1) is 17.6 Å². The number of carbonyl (C=O) groups is 1. The van der Waals surface area contributed by atoms with Gasteiger partial charge in [-0.15, -0.1) is 0 Å². The van der Waals surface area contributed by atoms with E-state index in [1.807, 2.05) is 0 Å². The number of hydrogen-bond donors (Lipinski definition) is 1. The van der Waals surface area contributed by atoms with Crippen LogP contribution in [0.15, 0.2) is 18.2 Å². The topological polar surface area (TPSA) is 95.5 Å². The van der Waals surface area contributed by atoms with Gasteiger partial charge in [-0.25, -0.2) is 4.79 Å². The summed E-state index contributed by atoms with van der Waals surface area (Å²) in [7, 11) is 1.17. The van der Waals surface area contributed by atoms with E-state index in [0.717, 1.165) is 0 Å². The average molecular weight is 240 g/mol. The van der Waals surface area contributed by atoms with Gasteiger partial charge in [-0.1, -0.05) is 18.3 Å². The normalized spacial score (nSPS) is 9.56. The summed E-state index contributed by atoms with van der Waals surface area (Å²) in [6.45, 7) is 0. The van der Waals surface area contributed by atoms with Crippen LogP contribution in [0.5, 0.6) is 0 Å². The third-order valence-electron chi connectivity index (χ3n) is 1.89. The van der Waals surface area contributed by atoms with E-state index >= 15 is 0 Å². The van der Waals surface area contributed by atoms with E-state index in [4.69, 9.17) is 5.73 Å². The van der Waals surface area contributed by atoms with Gasteiger partial charge >= 0.3 is 5.97 Å². The highest BCUT2D eigenvalue weighted by Gasteiger charge is 2.23. The molecule has 0 aliphatic rings. The van der Waals surface area contributed by atoms with Crippen LogP contribution in [0.4, 0.5) is 5.69 Å². The molecule has 0 saturated heterocycles. The third-order valence-corrected chi connectivity index (χ3v) is 2.09. The molecule has 0 aliphatic carbocycles. The second-order valence-corrected chi connectivity index (χ2v) is 3.25. The van der Waals surface area contributed by atoms with E-state index in [0.29, 0.717) is 0 Å². The van der Waals surface area contributed by atoms with Crippen LogP contribution in [0.1, 0.15) is 15.9 Å². The Labute approximate surface area is 96.2 Å². The van der Waals surface area contributed by atoms with E-state index in [9.17, 15) is 14.9 Å². The molecule has 2 N–H and O–H groups in total. The third kappa shape index (κ3) is 2.14. The fraction of sp³-hybridized carbons (Fsp3) is 0.111. The number of nitrogens with two attached hydrogens (primary N) is 1. The molecule has 0 amide bonds. The van der Waals surface area contributed by atoms with Crippen LogP contribution < -0.4 is 5.73 Å². The van der Waals surface area contributed by atoms with Gasteiger partial charge in [0.1, 0.15) is 10.6 Å². The minimum atomic E-state index is -0.716. The zero-order chi connectivity index (χ0) is 12.3. The largest absolute Gasteiger partial charge is 0.465 e. The summed E-state index contributed by atoms with van der Waals surface area (Å²) in [5, 5.41) is 10.7. The van der Waals surface area contributed by atoms with Gasteiger partial charge in [-0.05, 0) is 6.07 Å². The maximum Gasteiger partial charge on any atom is 0.338 e. The lowest BCUT2D eigenvalue weighted by Gasteiger charge is -2.06. The first-order valence-electron chi connectivity index (χ1n) is 4.14.